The van der Waals surface area contributed by atoms with Gasteiger partial charge in [-0.2, -0.15) is 8.42 Å². The molecule has 4 aromatic rings. The largest absolute Gasteiger partial charge is 2.00 e. The summed E-state index contributed by atoms with van der Waals surface area (Å²) in [5, 5.41) is 22.6. The zero-order valence-electron chi connectivity index (χ0n) is 37.7. The standard InChI is InChI=1S/2C25H36O5S.Ca/c2*1-2-3-4-5-6-7-8-9-10-11-12-14-21-17-18-23(20-25(21)26)30-22-15-13-16-24(19-22)31(27,28)29;/h2*13,15-20,26H,2-12,14H2,1H3,(H,27,28,29);/q;;+2/p-2. The molecule has 0 atom stereocenters. The predicted octanol–water partition coefficient (Wildman–Crippen LogP) is 13.2. The molecule has 13 heteroatoms. The third-order valence-corrected chi connectivity index (χ3v) is 12.5. The predicted molar refractivity (Wildman–Crippen MR) is 251 cm³/mol. The molecule has 4 aromatic carbocycles. The molecule has 0 aromatic heterocycles. The van der Waals surface area contributed by atoms with E-state index in [0.717, 1.165) is 55.7 Å². The Morgan fingerprint density at radius 3 is 1.25 bits per heavy atom. The first-order chi connectivity index (χ1) is 29.8. The van der Waals surface area contributed by atoms with Crippen molar-refractivity contribution in [3.8, 4) is 34.5 Å². The van der Waals surface area contributed by atoms with Crippen LogP contribution in [0.2, 0.25) is 0 Å². The molecule has 0 bridgehead atoms. The molecule has 0 amide bonds. The van der Waals surface area contributed by atoms with Crippen LogP contribution in [-0.4, -0.2) is 68.8 Å². The molecular weight excluding hydrogens is 865 g/mol. The summed E-state index contributed by atoms with van der Waals surface area (Å²) in [6, 6.07) is 21.0. The van der Waals surface area contributed by atoms with Crippen LogP contribution in [0.5, 0.6) is 34.5 Å². The molecule has 0 saturated heterocycles. The Bertz CT molecular complexity index is 1940. The molecule has 0 spiro atoms. The summed E-state index contributed by atoms with van der Waals surface area (Å²) < 4.78 is 76.2. The van der Waals surface area contributed by atoms with Crippen LogP contribution >= 0.6 is 0 Å². The van der Waals surface area contributed by atoms with Crippen LogP contribution in [-0.2, 0) is 33.1 Å². The van der Waals surface area contributed by atoms with Gasteiger partial charge < -0.3 is 24.2 Å². The van der Waals surface area contributed by atoms with Crippen molar-refractivity contribution in [2.24, 2.45) is 0 Å². The van der Waals surface area contributed by atoms with Crippen LogP contribution in [0.25, 0.3) is 0 Å². The van der Waals surface area contributed by atoms with Gasteiger partial charge in [-0.25, -0.2) is 8.42 Å². The van der Waals surface area contributed by atoms with E-state index in [9.17, 15) is 31.6 Å². The number of hydrogen-bond donors (Lipinski definition) is 2. The number of hydrogen-bond acceptors (Lipinski definition) is 9. The van der Waals surface area contributed by atoms with Crippen molar-refractivity contribution < 1.29 is 45.6 Å². The molecule has 4 rings (SSSR count). The topological polar surface area (TPSA) is 173 Å². The average molecular weight is 935 g/mol. The Labute approximate surface area is 408 Å². The van der Waals surface area contributed by atoms with E-state index in [1.807, 2.05) is 6.07 Å². The first kappa shape index (κ1) is 56.3. The third-order valence-electron chi connectivity index (χ3n) is 10.9. The first-order valence-electron chi connectivity index (χ1n) is 22.9. The van der Waals surface area contributed by atoms with E-state index in [-0.39, 0.29) is 70.5 Å². The summed E-state index contributed by atoms with van der Waals surface area (Å²) in [5.74, 6) is 1.30. The number of rotatable bonds is 30. The number of benzene rings is 4. The van der Waals surface area contributed by atoms with Crippen LogP contribution in [0.15, 0.2) is 94.7 Å². The van der Waals surface area contributed by atoms with E-state index in [0.29, 0.717) is 11.5 Å². The minimum atomic E-state index is -4.55. The molecule has 0 fully saturated rings. The number of phenols is 1. The molecule has 0 unspecified atom stereocenters. The number of aryl methyl sites for hydroxylation is 2. The Hall–Kier alpha value is -2.84. The van der Waals surface area contributed by atoms with Gasteiger partial charge in [0.1, 0.15) is 38.9 Å². The van der Waals surface area contributed by atoms with Gasteiger partial charge in [-0.15, -0.1) is 5.75 Å². The van der Waals surface area contributed by atoms with Crippen LogP contribution in [0, 0.1) is 0 Å². The first-order valence-corrected chi connectivity index (χ1v) is 25.8. The van der Waals surface area contributed by atoms with E-state index in [1.54, 1.807) is 24.3 Å². The van der Waals surface area contributed by atoms with E-state index < -0.39 is 20.2 Å². The molecule has 2 N–H and O–H groups in total. The third kappa shape index (κ3) is 24.3. The minimum Gasteiger partial charge on any atom is -0.872 e. The summed E-state index contributed by atoms with van der Waals surface area (Å²) in [4.78, 5) is -0.595. The molecule has 0 radical (unpaired) electrons. The zero-order chi connectivity index (χ0) is 45.1. The SMILES string of the molecule is CCCCCCCCCCCCCc1ccc(Oc2cccc(S(=O)(=O)O)c2)cc1O.CCCCCCCCCCCCCc1ccc(Oc2cccc(S(=O)(=O)[O-])c2)cc1[O-].[Ca+2]. The normalized spacial score (nSPS) is 11.4. The van der Waals surface area contributed by atoms with Crippen LogP contribution < -0.4 is 14.6 Å². The number of unbranched alkanes of at least 4 members (excludes halogenated alkanes) is 20. The van der Waals surface area contributed by atoms with Gasteiger partial charge in [0.25, 0.3) is 10.1 Å². The molecule has 0 aliphatic carbocycles. The van der Waals surface area contributed by atoms with Gasteiger partial charge in [-0.05, 0) is 79.8 Å². The molecule has 63 heavy (non-hydrogen) atoms. The zero-order valence-corrected chi connectivity index (χ0v) is 41.6. The van der Waals surface area contributed by atoms with Crippen LogP contribution in [0.4, 0.5) is 0 Å². The number of aromatic hydroxyl groups is 1. The quantitative estimate of drug-likeness (QED) is 0.0291. The fourth-order valence-corrected chi connectivity index (χ4v) is 8.27. The molecule has 0 saturated carbocycles. The van der Waals surface area contributed by atoms with Crippen molar-refractivity contribution in [2.45, 2.75) is 178 Å². The second kappa shape index (κ2) is 31.9. The molecule has 0 heterocycles. The summed E-state index contributed by atoms with van der Waals surface area (Å²) in [6.07, 6.45) is 29.7. The Balaban J connectivity index is 0.000000427. The second-order valence-electron chi connectivity index (χ2n) is 16.2. The monoisotopic (exact) mass is 934 g/mol. The summed E-state index contributed by atoms with van der Waals surface area (Å²) in [6.45, 7) is 4.49. The van der Waals surface area contributed by atoms with Crippen molar-refractivity contribution in [1.29, 1.82) is 0 Å². The minimum absolute atomic E-state index is 0. The van der Waals surface area contributed by atoms with E-state index in [1.165, 1.54) is 164 Å². The van der Waals surface area contributed by atoms with Crippen molar-refractivity contribution in [3.05, 3.63) is 96.1 Å². The maximum Gasteiger partial charge on any atom is 2.00 e. The van der Waals surface area contributed by atoms with Gasteiger partial charge in [-0.3, -0.25) is 4.55 Å². The maximum absolute atomic E-state index is 12.3. The Morgan fingerprint density at radius 2 is 0.841 bits per heavy atom. The fraction of sp³-hybridized carbons (Fsp3) is 0.520. The van der Waals surface area contributed by atoms with Gasteiger partial charge in [0.05, 0.1) is 9.79 Å². The van der Waals surface area contributed by atoms with Gasteiger partial charge >= 0.3 is 37.7 Å². The maximum atomic E-state index is 12.3. The fourth-order valence-electron chi connectivity index (χ4n) is 7.25. The van der Waals surface area contributed by atoms with E-state index in [2.05, 4.69) is 13.8 Å². The van der Waals surface area contributed by atoms with Crippen molar-refractivity contribution in [1.82, 2.24) is 0 Å². The summed E-state index contributed by atoms with van der Waals surface area (Å²) >= 11 is 0. The van der Waals surface area contributed by atoms with Crippen molar-refractivity contribution in [3.63, 3.8) is 0 Å². The average Bonchev–Trinajstić information content (AvgIpc) is 3.23. The molecule has 10 nitrogen and oxygen atoms in total. The van der Waals surface area contributed by atoms with Gasteiger partial charge in [0.15, 0.2) is 0 Å². The number of phenolic OH excluding ortho intramolecular Hbond substituents is 1. The smallest absolute Gasteiger partial charge is 0.872 e. The molecule has 344 valence electrons. The van der Waals surface area contributed by atoms with Crippen molar-refractivity contribution in [2.75, 3.05) is 0 Å². The van der Waals surface area contributed by atoms with Crippen molar-refractivity contribution >= 4 is 58.0 Å². The summed E-state index contributed by atoms with van der Waals surface area (Å²) in [5.41, 5.74) is 1.65. The summed E-state index contributed by atoms with van der Waals surface area (Å²) in [7, 11) is -8.84. The molecular formula is C50H70CaO10S2. The van der Waals surface area contributed by atoms with E-state index in [4.69, 9.17) is 14.0 Å². The second-order valence-corrected chi connectivity index (χ2v) is 19.0. The molecule has 0 aliphatic heterocycles. The van der Waals surface area contributed by atoms with Crippen LogP contribution in [0.1, 0.15) is 166 Å². The van der Waals surface area contributed by atoms with E-state index >= 15 is 0 Å². The van der Waals surface area contributed by atoms with Gasteiger partial charge in [-0.1, -0.05) is 172 Å². The molecule has 0 aliphatic rings. The number of ether oxygens (including phenoxy) is 2. The Morgan fingerprint density at radius 1 is 0.476 bits per heavy atom. The van der Waals surface area contributed by atoms with Crippen LogP contribution in [0.3, 0.4) is 0 Å². The van der Waals surface area contributed by atoms with Gasteiger partial charge in [0.2, 0.25) is 0 Å². The Kier molecular flexibility index (Phi) is 28.5. The van der Waals surface area contributed by atoms with Gasteiger partial charge in [0, 0.05) is 12.1 Å².